The van der Waals surface area contributed by atoms with Gasteiger partial charge in [0.05, 0.1) is 0 Å². The zero-order valence-electron chi connectivity index (χ0n) is 13.8. The first kappa shape index (κ1) is 16.4. The number of aromatic nitrogens is 4. The minimum Gasteiger partial charge on any atom is -0.356 e. The van der Waals surface area contributed by atoms with Crippen molar-refractivity contribution in [1.29, 1.82) is 0 Å². The number of hydrogen-bond donors (Lipinski definition) is 1. The molecule has 0 saturated carbocycles. The average Bonchev–Trinajstić information content (AvgIpc) is 3.06. The normalized spacial score (nSPS) is 15.6. The molecule has 0 aromatic carbocycles. The lowest BCUT2D eigenvalue weighted by Crippen LogP contribution is -2.42. The summed E-state index contributed by atoms with van der Waals surface area (Å²) in [6.07, 6.45) is 8.35. The molecular weight excluding hydrogens is 308 g/mol. The highest BCUT2D eigenvalue weighted by molar-refractivity contribution is 5.79. The monoisotopic (exact) mass is 330 g/mol. The van der Waals surface area contributed by atoms with Crippen molar-refractivity contribution in [1.82, 2.24) is 29.8 Å². The Balaban J connectivity index is 1.38. The van der Waals surface area contributed by atoms with E-state index in [9.17, 15) is 9.59 Å². The summed E-state index contributed by atoms with van der Waals surface area (Å²) in [6, 6.07) is 0. The number of amides is 2. The number of carbonyl (C=O) groups excluding carboxylic acids is 2. The number of nitrogens with one attached hydrogen (secondary N) is 1. The van der Waals surface area contributed by atoms with Crippen LogP contribution in [0.15, 0.2) is 18.7 Å². The molecule has 1 saturated heterocycles. The molecule has 128 valence electrons. The lowest BCUT2D eigenvalue weighted by molar-refractivity contribution is -0.133. The molecule has 2 aromatic heterocycles. The molecule has 1 aliphatic rings. The second kappa shape index (κ2) is 7.37. The van der Waals surface area contributed by atoms with Crippen LogP contribution >= 0.6 is 0 Å². The van der Waals surface area contributed by atoms with E-state index in [-0.39, 0.29) is 17.7 Å². The maximum absolute atomic E-state index is 12.2. The Labute approximate surface area is 140 Å². The van der Waals surface area contributed by atoms with Crippen molar-refractivity contribution in [3.63, 3.8) is 0 Å². The van der Waals surface area contributed by atoms with E-state index in [2.05, 4.69) is 20.4 Å². The Morgan fingerprint density at radius 3 is 2.83 bits per heavy atom. The molecule has 3 rings (SSSR count). The van der Waals surface area contributed by atoms with Crippen LogP contribution < -0.4 is 5.32 Å². The number of fused-ring (bicyclic) bond motifs is 1. The van der Waals surface area contributed by atoms with Crippen molar-refractivity contribution < 1.29 is 9.59 Å². The summed E-state index contributed by atoms with van der Waals surface area (Å²) in [5.74, 6) is 0.799. The molecular formula is C16H22N6O2. The molecule has 8 heteroatoms. The number of hydrogen-bond acceptors (Lipinski definition) is 5. The summed E-state index contributed by atoms with van der Waals surface area (Å²) in [4.78, 5) is 33.5. The predicted octanol–water partition coefficient (Wildman–Crippen LogP) is 0.432. The summed E-state index contributed by atoms with van der Waals surface area (Å²) in [5.41, 5.74) is 1.07. The second-order valence-electron chi connectivity index (χ2n) is 6.14. The molecule has 2 aromatic rings. The second-order valence-corrected chi connectivity index (χ2v) is 6.14. The maximum atomic E-state index is 12.2. The molecule has 2 amide bonds. The van der Waals surface area contributed by atoms with Gasteiger partial charge in [0.2, 0.25) is 11.8 Å². The van der Waals surface area contributed by atoms with Crippen molar-refractivity contribution in [2.45, 2.75) is 32.6 Å². The van der Waals surface area contributed by atoms with Gasteiger partial charge in [-0.2, -0.15) is 10.1 Å². The van der Waals surface area contributed by atoms with E-state index in [1.807, 2.05) is 6.20 Å². The Kier molecular flexibility index (Phi) is 5.02. The number of carbonyl (C=O) groups is 2. The fourth-order valence-corrected chi connectivity index (χ4v) is 2.99. The first-order valence-corrected chi connectivity index (χ1v) is 8.31. The number of rotatable bonds is 5. The Bertz CT molecular complexity index is 720. The van der Waals surface area contributed by atoms with Crippen LogP contribution in [0.5, 0.6) is 0 Å². The van der Waals surface area contributed by atoms with Gasteiger partial charge in [-0.3, -0.25) is 9.59 Å². The molecule has 1 fully saturated rings. The highest BCUT2D eigenvalue weighted by atomic mass is 16.2. The van der Waals surface area contributed by atoms with Crippen LogP contribution in [0.25, 0.3) is 5.78 Å². The molecule has 8 nitrogen and oxygen atoms in total. The van der Waals surface area contributed by atoms with Gasteiger partial charge in [-0.15, -0.1) is 0 Å². The van der Waals surface area contributed by atoms with Crippen LogP contribution in [0, 0.1) is 5.92 Å². The van der Waals surface area contributed by atoms with Gasteiger partial charge in [0.25, 0.3) is 5.78 Å². The van der Waals surface area contributed by atoms with Crippen molar-refractivity contribution in [3.05, 3.63) is 24.3 Å². The lowest BCUT2D eigenvalue weighted by atomic mass is 9.96. The maximum Gasteiger partial charge on any atom is 0.252 e. The predicted molar refractivity (Wildman–Crippen MR) is 87.1 cm³/mol. The van der Waals surface area contributed by atoms with E-state index in [0.717, 1.165) is 31.2 Å². The van der Waals surface area contributed by atoms with Crippen LogP contribution in [0.3, 0.4) is 0 Å². The van der Waals surface area contributed by atoms with Gasteiger partial charge >= 0.3 is 0 Å². The lowest BCUT2D eigenvalue weighted by Gasteiger charge is -2.30. The summed E-state index contributed by atoms with van der Waals surface area (Å²) < 4.78 is 1.65. The first-order valence-electron chi connectivity index (χ1n) is 8.31. The zero-order valence-corrected chi connectivity index (χ0v) is 13.8. The minimum absolute atomic E-state index is 0.0220. The first-order chi connectivity index (χ1) is 11.6. The molecule has 1 N–H and O–H groups in total. The van der Waals surface area contributed by atoms with Crippen LogP contribution in [-0.2, 0) is 16.0 Å². The van der Waals surface area contributed by atoms with E-state index >= 15 is 0 Å². The molecule has 0 radical (unpaired) electrons. The third-order valence-corrected chi connectivity index (χ3v) is 4.44. The SMILES string of the molecule is CC(=O)N1CCC(C(=O)NCCCc2cnc3ncnn3c2)CC1. The average molecular weight is 330 g/mol. The summed E-state index contributed by atoms with van der Waals surface area (Å²) in [5, 5.41) is 7.06. The minimum atomic E-state index is 0.0220. The third-order valence-electron chi connectivity index (χ3n) is 4.44. The van der Waals surface area contributed by atoms with E-state index in [0.29, 0.717) is 25.4 Å². The largest absolute Gasteiger partial charge is 0.356 e. The highest BCUT2D eigenvalue weighted by Crippen LogP contribution is 2.17. The molecule has 0 unspecified atom stereocenters. The topological polar surface area (TPSA) is 92.5 Å². The van der Waals surface area contributed by atoms with Crippen LogP contribution in [-0.4, -0.2) is 55.9 Å². The summed E-state index contributed by atoms with van der Waals surface area (Å²) in [7, 11) is 0. The third kappa shape index (κ3) is 3.87. The molecule has 0 bridgehead atoms. The van der Waals surface area contributed by atoms with Crippen molar-refractivity contribution >= 4 is 17.6 Å². The molecule has 3 heterocycles. The van der Waals surface area contributed by atoms with Gasteiger partial charge in [0, 0.05) is 44.9 Å². The molecule has 0 spiro atoms. The van der Waals surface area contributed by atoms with E-state index in [1.54, 1.807) is 22.5 Å². The fourth-order valence-electron chi connectivity index (χ4n) is 2.99. The van der Waals surface area contributed by atoms with Gasteiger partial charge in [0.1, 0.15) is 6.33 Å². The van der Waals surface area contributed by atoms with E-state index < -0.39 is 0 Å². The molecule has 24 heavy (non-hydrogen) atoms. The Morgan fingerprint density at radius 2 is 2.08 bits per heavy atom. The summed E-state index contributed by atoms with van der Waals surface area (Å²) >= 11 is 0. The van der Waals surface area contributed by atoms with E-state index in [4.69, 9.17) is 0 Å². The smallest absolute Gasteiger partial charge is 0.252 e. The number of piperidine rings is 1. The van der Waals surface area contributed by atoms with Crippen molar-refractivity contribution in [2.75, 3.05) is 19.6 Å². The van der Waals surface area contributed by atoms with Crippen LogP contribution in [0.1, 0.15) is 31.7 Å². The number of likely N-dealkylation sites (tertiary alicyclic amines) is 1. The van der Waals surface area contributed by atoms with Crippen molar-refractivity contribution in [3.8, 4) is 0 Å². The van der Waals surface area contributed by atoms with Gasteiger partial charge in [-0.25, -0.2) is 9.50 Å². The number of nitrogens with zero attached hydrogens (tertiary/aromatic N) is 5. The molecule has 0 atom stereocenters. The number of aryl methyl sites for hydroxylation is 1. The molecule has 0 aliphatic carbocycles. The summed E-state index contributed by atoms with van der Waals surface area (Å²) in [6.45, 7) is 3.57. The van der Waals surface area contributed by atoms with Gasteiger partial charge in [-0.1, -0.05) is 0 Å². The Morgan fingerprint density at radius 1 is 1.29 bits per heavy atom. The molecule has 1 aliphatic heterocycles. The van der Waals surface area contributed by atoms with E-state index in [1.165, 1.54) is 6.33 Å². The van der Waals surface area contributed by atoms with Gasteiger partial charge in [-0.05, 0) is 31.2 Å². The standard InChI is InChI=1S/C16H22N6O2/c1-12(23)21-7-4-14(5-8-21)15(24)17-6-2-3-13-9-18-16-19-11-20-22(16)10-13/h9-11,14H,2-8H2,1H3,(H,17,24). The zero-order chi connectivity index (χ0) is 16.9. The van der Waals surface area contributed by atoms with Gasteiger partial charge in [0.15, 0.2) is 0 Å². The van der Waals surface area contributed by atoms with Crippen molar-refractivity contribution in [2.24, 2.45) is 5.92 Å². The van der Waals surface area contributed by atoms with Gasteiger partial charge < -0.3 is 10.2 Å². The van der Waals surface area contributed by atoms with Crippen LogP contribution in [0.2, 0.25) is 0 Å². The quantitative estimate of drug-likeness (QED) is 0.803. The fraction of sp³-hybridized carbons (Fsp3) is 0.562. The highest BCUT2D eigenvalue weighted by Gasteiger charge is 2.25. The van der Waals surface area contributed by atoms with Crippen LogP contribution in [0.4, 0.5) is 0 Å². The Hall–Kier alpha value is -2.51.